The Hall–Kier alpha value is -3.53. The first-order valence-electron chi connectivity index (χ1n) is 8.98. The number of hydrogen-bond donors (Lipinski definition) is 3. The van der Waals surface area contributed by atoms with Crippen LogP contribution in [0.2, 0.25) is 0 Å². The minimum absolute atomic E-state index is 0.259. The van der Waals surface area contributed by atoms with Gasteiger partial charge in [-0.15, -0.1) is 0 Å². The highest BCUT2D eigenvalue weighted by molar-refractivity contribution is 5.99. The van der Waals surface area contributed by atoms with Crippen molar-refractivity contribution in [2.75, 3.05) is 22.5 Å². The van der Waals surface area contributed by atoms with Gasteiger partial charge in [-0.05, 0) is 54.4 Å². The summed E-state index contributed by atoms with van der Waals surface area (Å²) < 4.78 is 0. The molecule has 0 heterocycles. The maximum Gasteiger partial charge on any atom is 0.323 e. The Balaban J connectivity index is 1.55. The van der Waals surface area contributed by atoms with E-state index in [-0.39, 0.29) is 6.03 Å². The molecule has 0 atom stereocenters. The fourth-order valence-corrected chi connectivity index (χ4v) is 2.60. The second-order valence-electron chi connectivity index (χ2n) is 6.05. The molecular formula is C23H23N3O. The van der Waals surface area contributed by atoms with Gasteiger partial charge >= 0.3 is 6.03 Å². The quantitative estimate of drug-likeness (QED) is 0.479. The van der Waals surface area contributed by atoms with Crippen molar-refractivity contribution >= 4 is 35.2 Å². The molecule has 4 heteroatoms. The van der Waals surface area contributed by atoms with Crippen molar-refractivity contribution in [1.82, 2.24) is 0 Å². The van der Waals surface area contributed by atoms with Crippen LogP contribution in [-0.2, 0) is 0 Å². The van der Waals surface area contributed by atoms with Gasteiger partial charge in [0, 0.05) is 23.6 Å². The summed E-state index contributed by atoms with van der Waals surface area (Å²) in [5, 5.41) is 8.91. The molecule has 2 amide bonds. The molecule has 4 nitrogen and oxygen atoms in total. The number of rotatable bonds is 6. The predicted octanol–water partition coefficient (Wildman–Crippen LogP) is 5.93. The van der Waals surface area contributed by atoms with Crippen molar-refractivity contribution in [3.05, 3.63) is 90.0 Å². The van der Waals surface area contributed by atoms with Crippen LogP contribution in [-0.4, -0.2) is 12.6 Å². The van der Waals surface area contributed by atoms with Crippen LogP contribution in [0.3, 0.4) is 0 Å². The van der Waals surface area contributed by atoms with Crippen LogP contribution >= 0.6 is 0 Å². The monoisotopic (exact) mass is 357 g/mol. The predicted molar refractivity (Wildman–Crippen MR) is 115 cm³/mol. The van der Waals surface area contributed by atoms with Crippen molar-refractivity contribution in [3.8, 4) is 0 Å². The molecule has 0 bridgehead atoms. The molecule has 0 aromatic heterocycles. The number of benzene rings is 3. The standard InChI is InChI=1S/C23H23N3O/c1-2-24-20-14-10-18(11-15-20)8-9-19-12-16-22(17-13-19)26-23(27)25-21-6-4-3-5-7-21/h3-17,24H,2H2,1H3,(H2,25,26,27)/b9-8+. The van der Waals surface area contributed by atoms with Gasteiger partial charge in [-0.25, -0.2) is 4.79 Å². The summed E-state index contributed by atoms with van der Waals surface area (Å²) >= 11 is 0. The van der Waals surface area contributed by atoms with E-state index in [2.05, 4.69) is 59.3 Å². The molecule has 3 aromatic carbocycles. The summed E-state index contributed by atoms with van der Waals surface area (Å²) in [4.78, 5) is 12.0. The summed E-state index contributed by atoms with van der Waals surface area (Å²) in [5.41, 5.74) is 4.84. The normalized spacial score (nSPS) is 10.6. The van der Waals surface area contributed by atoms with Gasteiger partial charge in [0.2, 0.25) is 0 Å². The van der Waals surface area contributed by atoms with Crippen LogP contribution in [0.25, 0.3) is 12.2 Å². The smallest absolute Gasteiger partial charge is 0.323 e. The lowest BCUT2D eigenvalue weighted by atomic mass is 10.1. The summed E-state index contributed by atoms with van der Waals surface area (Å²) in [7, 11) is 0. The van der Waals surface area contributed by atoms with E-state index in [4.69, 9.17) is 0 Å². The molecule has 27 heavy (non-hydrogen) atoms. The Morgan fingerprint density at radius 1 is 0.704 bits per heavy atom. The van der Waals surface area contributed by atoms with E-state index in [1.807, 2.05) is 54.6 Å². The van der Waals surface area contributed by atoms with Crippen LogP contribution in [0, 0.1) is 0 Å². The van der Waals surface area contributed by atoms with E-state index >= 15 is 0 Å². The van der Waals surface area contributed by atoms with Crippen LogP contribution < -0.4 is 16.0 Å². The maximum atomic E-state index is 12.0. The zero-order valence-corrected chi connectivity index (χ0v) is 15.3. The molecule has 0 unspecified atom stereocenters. The first kappa shape index (κ1) is 18.3. The Labute approximate surface area is 159 Å². The zero-order chi connectivity index (χ0) is 18.9. The Kier molecular flexibility index (Phi) is 6.26. The number of anilines is 3. The molecule has 0 aliphatic rings. The van der Waals surface area contributed by atoms with Gasteiger partial charge in [0.25, 0.3) is 0 Å². The van der Waals surface area contributed by atoms with E-state index in [9.17, 15) is 4.79 Å². The third kappa shape index (κ3) is 5.75. The molecule has 0 saturated carbocycles. The van der Waals surface area contributed by atoms with Crippen molar-refractivity contribution in [3.63, 3.8) is 0 Å². The van der Waals surface area contributed by atoms with Crippen LogP contribution in [0.1, 0.15) is 18.1 Å². The molecule has 3 N–H and O–H groups in total. The van der Waals surface area contributed by atoms with Crippen molar-refractivity contribution in [2.45, 2.75) is 6.92 Å². The Bertz CT molecular complexity index is 885. The van der Waals surface area contributed by atoms with Gasteiger partial charge in [0.15, 0.2) is 0 Å². The average Bonchev–Trinajstić information content (AvgIpc) is 2.69. The fourth-order valence-electron chi connectivity index (χ4n) is 2.60. The summed E-state index contributed by atoms with van der Waals surface area (Å²) in [6.07, 6.45) is 4.12. The van der Waals surface area contributed by atoms with Gasteiger partial charge < -0.3 is 16.0 Å². The minimum atomic E-state index is -0.259. The van der Waals surface area contributed by atoms with E-state index in [0.29, 0.717) is 0 Å². The van der Waals surface area contributed by atoms with Gasteiger partial charge in [0.1, 0.15) is 0 Å². The molecule has 0 fully saturated rings. The molecule has 0 saturated heterocycles. The molecule has 0 spiro atoms. The number of para-hydroxylation sites is 1. The van der Waals surface area contributed by atoms with E-state index in [0.717, 1.165) is 34.7 Å². The maximum absolute atomic E-state index is 12.0. The van der Waals surface area contributed by atoms with E-state index in [1.54, 1.807) is 0 Å². The molecule has 0 radical (unpaired) electrons. The molecular weight excluding hydrogens is 334 g/mol. The lowest BCUT2D eigenvalue weighted by Crippen LogP contribution is -2.19. The molecule has 0 aliphatic heterocycles. The molecule has 3 aromatic rings. The van der Waals surface area contributed by atoms with Gasteiger partial charge in [-0.1, -0.05) is 54.6 Å². The summed E-state index contributed by atoms with van der Waals surface area (Å²) in [6.45, 7) is 3.00. The fraction of sp³-hybridized carbons (Fsp3) is 0.0870. The lowest BCUT2D eigenvalue weighted by molar-refractivity contribution is 0.262. The van der Waals surface area contributed by atoms with Crippen molar-refractivity contribution in [1.29, 1.82) is 0 Å². The van der Waals surface area contributed by atoms with Gasteiger partial charge in [-0.3, -0.25) is 0 Å². The van der Waals surface area contributed by atoms with Crippen LogP contribution in [0.4, 0.5) is 21.9 Å². The largest absolute Gasteiger partial charge is 0.385 e. The van der Waals surface area contributed by atoms with E-state index < -0.39 is 0 Å². The second kappa shape index (κ2) is 9.25. The number of carbonyl (C=O) groups excluding carboxylic acids is 1. The minimum Gasteiger partial charge on any atom is -0.385 e. The van der Waals surface area contributed by atoms with Crippen molar-refractivity contribution in [2.24, 2.45) is 0 Å². The summed E-state index contributed by atoms with van der Waals surface area (Å²) in [5.74, 6) is 0. The topological polar surface area (TPSA) is 53.2 Å². The molecule has 3 rings (SSSR count). The SMILES string of the molecule is CCNc1ccc(/C=C/c2ccc(NC(=O)Nc3ccccc3)cc2)cc1. The molecule has 136 valence electrons. The van der Waals surface area contributed by atoms with Crippen molar-refractivity contribution < 1.29 is 4.79 Å². The zero-order valence-electron chi connectivity index (χ0n) is 15.3. The number of amides is 2. The number of nitrogens with one attached hydrogen (secondary N) is 3. The third-order valence-electron chi connectivity index (χ3n) is 3.96. The van der Waals surface area contributed by atoms with Crippen LogP contribution in [0.15, 0.2) is 78.9 Å². The highest BCUT2D eigenvalue weighted by atomic mass is 16.2. The number of urea groups is 1. The molecule has 0 aliphatic carbocycles. The Morgan fingerprint density at radius 3 is 1.70 bits per heavy atom. The third-order valence-corrected chi connectivity index (χ3v) is 3.96. The second-order valence-corrected chi connectivity index (χ2v) is 6.05. The highest BCUT2D eigenvalue weighted by Crippen LogP contribution is 2.15. The van der Waals surface area contributed by atoms with E-state index in [1.165, 1.54) is 0 Å². The average molecular weight is 357 g/mol. The number of hydrogen-bond acceptors (Lipinski definition) is 2. The lowest BCUT2D eigenvalue weighted by Gasteiger charge is -2.07. The highest BCUT2D eigenvalue weighted by Gasteiger charge is 2.01. The van der Waals surface area contributed by atoms with Gasteiger partial charge in [-0.2, -0.15) is 0 Å². The number of carbonyl (C=O) groups is 1. The first-order valence-corrected chi connectivity index (χ1v) is 8.98. The Morgan fingerprint density at radius 2 is 1.19 bits per heavy atom. The van der Waals surface area contributed by atoms with Gasteiger partial charge in [0.05, 0.1) is 0 Å². The summed E-state index contributed by atoms with van der Waals surface area (Å²) in [6, 6.07) is 25.1. The first-order chi connectivity index (χ1) is 13.2. The van der Waals surface area contributed by atoms with Crippen LogP contribution in [0.5, 0.6) is 0 Å².